The van der Waals surface area contributed by atoms with Crippen LogP contribution in [0.1, 0.15) is 34.1 Å². The maximum absolute atomic E-state index is 12.6. The van der Waals surface area contributed by atoms with Crippen molar-refractivity contribution in [1.82, 2.24) is 10.3 Å². The molecule has 0 radical (unpaired) electrons. The number of carbonyl (C=O) groups is 2. The first kappa shape index (κ1) is 18.6. The first-order valence-corrected chi connectivity index (χ1v) is 8.84. The van der Waals surface area contributed by atoms with Crippen molar-refractivity contribution in [3.05, 3.63) is 77.0 Å². The summed E-state index contributed by atoms with van der Waals surface area (Å²) in [5.74, 6) is -0.867. The number of esters is 1. The molecule has 5 heteroatoms. The number of hydrogen-bond donors (Lipinski definition) is 1. The second-order valence-corrected chi connectivity index (χ2v) is 6.58. The molecule has 0 bridgehead atoms. The SMILES string of the molecule is Cc1ccc(CNC(=O)[C@@H](C)OC(=O)c2cc(C)nc3ccccc23)cc1. The number of benzene rings is 2. The summed E-state index contributed by atoms with van der Waals surface area (Å²) in [5.41, 5.74) is 4.00. The molecule has 0 saturated carbocycles. The van der Waals surface area contributed by atoms with Gasteiger partial charge < -0.3 is 10.1 Å². The van der Waals surface area contributed by atoms with E-state index in [1.165, 1.54) is 0 Å². The molecule has 2 aromatic carbocycles. The number of para-hydroxylation sites is 1. The summed E-state index contributed by atoms with van der Waals surface area (Å²) in [7, 11) is 0. The third-order valence-corrected chi connectivity index (χ3v) is 4.30. The molecule has 1 atom stereocenters. The lowest BCUT2D eigenvalue weighted by Crippen LogP contribution is -2.35. The van der Waals surface area contributed by atoms with Gasteiger partial charge in [0, 0.05) is 17.6 Å². The fourth-order valence-electron chi connectivity index (χ4n) is 2.79. The number of rotatable bonds is 5. The van der Waals surface area contributed by atoms with E-state index in [1.54, 1.807) is 13.0 Å². The Bertz CT molecular complexity index is 981. The molecule has 27 heavy (non-hydrogen) atoms. The summed E-state index contributed by atoms with van der Waals surface area (Å²) in [6.45, 7) is 5.78. The first-order chi connectivity index (χ1) is 12.9. The summed E-state index contributed by atoms with van der Waals surface area (Å²) >= 11 is 0. The van der Waals surface area contributed by atoms with Gasteiger partial charge in [-0.3, -0.25) is 9.78 Å². The summed E-state index contributed by atoms with van der Waals surface area (Å²) in [4.78, 5) is 29.3. The molecular weight excluding hydrogens is 340 g/mol. The van der Waals surface area contributed by atoms with Gasteiger partial charge in [0.1, 0.15) is 0 Å². The highest BCUT2D eigenvalue weighted by Gasteiger charge is 2.20. The molecule has 3 aromatic rings. The van der Waals surface area contributed by atoms with Crippen LogP contribution in [0.15, 0.2) is 54.6 Å². The molecule has 1 heterocycles. The Labute approximate surface area is 158 Å². The number of nitrogens with one attached hydrogen (secondary N) is 1. The van der Waals surface area contributed by atoms with Gasteiger partial charge in [0.25, 0.3) is 5.91 Å². The van der Waals surface area contributed by atoms with Crippen LogP contribution >= 0.6 is 0 Å². The third-order valence-electron chi connectivity index (χ3n) is 4.30. The Morgan fingerprint density at radius 1 is 1.07 bits per heavy atom. The number of aryl methyl sites for hydroxylation is 2. The van der Waals surface area contributed by atoms with Crippen LogP contribution < -0.4 is 5.32 Å². The zero-order chi connectivity index (χ0) is 19.4. The molecule has 5 nitrogen and oxygen atoms in total. The molecule has 1 N–H and O–H groups in total. The smallest absolute Gasteiger partial charge is 0.339 e. The minimum Gasteiger partial charge on any atom is -0.449 e. The van der Waals surface area contributed by atoms with Crippen LogP contribution in [-0.2, 0) is 16.1 Å². The molecule has 1 amide bonds. The van der Waals surface area contributed by atoms with Gasteiger partial charge in [-0.05, 0) is 38.5 Å². The number of nitrogens with zero attached hydrogens (tertiary/aromatic N) is 1. The predicted molar refractivity (Wildman–Crippen MR) is 104 cm³/mol. The van der Waals surface area contributed by atoms with Crippen molar-refractivity contribution >= 4 is 22.8 Å². The van der Waals surface area contributed by atoms with Gasteiger partial charge in [0.15, 0.2) is 6.10 Å². The Morgan fingerprint density at radius 2 is 1.78 bits per heavy atom. The van der Waals surface area contributed by atoms with Crippen molar-refractivity contribution in [2.75, 3.05) is 0 Å². The standard InChI is InChI=1S/C22H22N2O3/c1-14-8-10-17(11-9-14)13-23-21(25)16(3)27-22(26)19-12-15(2)24-20-7-5-4-6-18(19)20/h4-12,16H,13H2,1-3H3,(H,23,25)/t16-/m1/s1. The van der Waals surface area contributed by atoms with Crippen LogP contribution in [-0.4, -0.2) is 23.0 Å². The van der Waals surface area contributed by atoms with Crippen molar-refractivity contribution in [2.24, 2.45) is 0 Å². The van der Waals surface area contributed by atoms with E-state index in [1.807, 2.05) is 62.4 Å². The van der Waals surface area contributed by atoms with Crippen LogP contribution in [0.2, 0.25) is 0 Å². The number of hydrogen-bond acceptors (Lipinski definition) is 4. The second kappa shape index (κ2) is 7.99. The minimum absolute atomic E-state index is 0.334. The summed E-state index contributed by atoms with van der Waals surface area (Å²) in [5, 5.41) is 3.50. The predicted octanol–water partition coefficient (Wildman–Crippen LogP) is 3.71. The first-order valence-electron chi connectivity index (χ1n) is 8.84. The molecule has 0 unspecified atom stereocenters. The summed E-state index contributed by atoms with van der Waals surface area (Å²) in [6.07, 6.45) is -0.893. The van der Waals surface area contributed by atoms with Crippen molar-refractivity contribution in [3.63, 3.8) is 0 Å². The zero-order valence-corrected chi connectivity index (χ0v) is 15.7. The van der Waals surface area contributed by atoms with E-state index in [9.17, 15) is 9.59 Å². The maximum atomic E-state index is 12.6. The van der Waals surface area contributed by atoms with Gasteiger partial charge in [0.2, 0.25) is 0 Å². The summed E-state index contributed by atoms with van der Waals surface area (Å²) < 4.78 is 5.39. The highest BCUT2D eigenvalue weighted by molar-refractivity contribution is 6.04. The third kappa shape index (κ3) is 4.50. The lowest BCUT2D eigenvalue weighted by atomic mass is 10.1. The molecule has 3 rings (SSSR count). The van der Waals surface area contributed by atoms with E-state index in [4.69, 9.17) is 4.74 Å². The normalized spacial score (nSPS) is 11.8. The number of ether oxygens (including phenoxy) is 1. The van der Waals surface area contributed by atoms with Crippen molar-refractivity contribution in [1.29, 1.82) is 0 Å². The molecule has 0 fully saturated rings. The second-order valence-electron chi connectivity index (χ2n) is 6.58. The van der Waals surface area contributed by atoms with E-state index in [0.717, 1.165) is 22.3 Å². The molecule has 1 aromatic heterocycles. The van der Waals surface area contributed by atoms with Crippen LogP contribution in [0, 0.1) is 13.8 Å². The fourth-order valence-corrected chi connectivity index (χ4v) is 2.79. The number of aromatic nitrogens is 1. The summed E-state index contributed by atoms with van der Waals surface area (Å²) in [6, 6.07) is 16.9. The van der Waals surface area contributed by atoms with Gasteiger partial charge in [-0.1, -0.05) is 48.0 Å². The highest BCUT2D eigenvalue weighted by atomic mass is 16.5. The monoisotopic (exact) mass is 362 g/mol. The Balaban J connectivity index is 1.66. The van der Waals surface area contributed by atoms with Gasteiger partial charge in [0.05, 0.1) is 11.1 Å². The Kier molecular flexibility index (Phi) is 5.50. The van der Waals surface area contributed by atoms with Crippen molar-refractivity contribution < 1.29 is 14.3 Å². The van der Waals surface area contributed by atoms with Crippen LogP contribution in [0.5, 0.6) is 0 Å². The van der Waals surface area contributed by atoms with Crippen LogP contribution in [0.25, 0.3) is 10.9 Å². The number of fused-ring (bicyclic) bond motifs is 1. The number of carbonyl (C=O) groups excluding carboxylic acids is 2. The van der Waals surface area contributed by atoms with Crippen molar-refractivity contribution in [3.8, 4) is 0 Å². The fraction of sp³-hybridized carbons (Fsp3) is 0.227. The lowest BCUT2D eigenvalue weighted by molar-refractivity contribution is -0.129. The molecule has 0 aliphatic carbocycles. The molecule has 0 aliphatic heterocycles. The molecular formula is C22H22N2O3. The van der Waals surface area contributed by atoms with Gasteiger partial charge in [-0.2, -0.15) is 0 Å². The van der Waals surface area contributed by atoms with E-state index in [-0.39, 0.29) is 5.91 Å². The molecule has 0 spiro atoms. The minimum atomic E-state index is -0.893. The average Bonchev–Trinajstić information content (AvgIpc) is 2.66. The van der Waals surface area contributed by atoms with Crippen LogP contribution in [0.4, 0.5) is 0 Å². The Morgan fingerprint density at radius 3 is 2.52 bits per heavy atom. The van der Waals surface area contributed by atoms with Gasteiger partial charge in [-0.25, -0.2) is 4.79 Å². The van der Waals surface area contributed by atoms with Crippen LogP contribution in [0.3, 0.4) is 0 Å². The highest BCUT2D eigenvalue weighted by Crippen LogP contribution is 2.19. The number of pyridine rings is 1. The lowest BCUT2D eigenvalue weighted by Gasteiger charge is -2.15. The average molecular weight is 362 g/mol. The molecule has 0 saturated heterocycles. The van der Waals surface area contributed by atoms with E-state index >= 15 is 0 Å². The van der Waals surface area contributed by atoms with E-state index < -0.39 is 12.1 Å². The van der Waals surface area contributed by atoms with Gasteiger partial charge in [-0.15, -0.1) is 0 Å². The van der Waals surface area contributed by atoms with Gasteiger partial charge >= 0.3 is 5.97 Å². The molecule has 0 aliphatic rings. The number of amides is 1. The Hall–Kier alpha value is -3.21. The largest absolute Gasteiger partial charge is 0.449 e. The van der Waals surface area contributed by atoms with Crippen molar-refractivity contribution in [2.45, 2.75) is 33.4 Å². The maximum Gasteiger partial charge on any atom is 0.339 e. The molecule has 138 valence electrons. The topological polar surface area (TPSA) is 68.3 Å². The van der Waals surface area contributed by atoms with E-state index in [0.29, 0.717) is 17.5 Å². The quantitative estimate of drug-likeness (QED) is 0.703. The van der Waals surface area contributed by atoms with E-state index in [2.05, 4.69) is 10.3 Å². The zero-order valence-electron chi connectivity index (χ0n) is 15.7.